The van der Waals surface area contributed by atoms with Crippen LogP contribution in [0.4, 0.5) is 0 Å². The molecule has 0 spiro atoms. The van der Waals surface area contributed by atoms with E-state index in [2.05, 4.69) is 20.9 Å². The number of fused-ring (bicyclic) bond motifs is 1. The molecule has 9 nitrogen and oxygen atoms in total. The van der Waals surface area contributed by atoms with E-state index >= 15 is 0 Å². The minimum Gasteiger partial charge on any atom is -0.352 e. The lowest BCUT2D eigenvalue weighted by Gasteiger charge is -2.38. The van der Waals surface area contributed by atoms with Crippen molar-refractivity contribution in [3.8, 4) is 0 Å². The highest BCUT2D eigenvalue weighted by Gasteiger charge is 2.41. The first kappa shape index (κ1) is 26.7. The highest BCUT2D eigenvalue weighted by Crippen LogP contribution is 2.29. The number of nitrogens with one attached hydrogen (secondary N) is 4. The lowest BCUT2D eigenvalue weighted by Crippen LogP contribution is -2.58. The Morgan fingerprint density at radius 2 is 1.89 bits per heavy atom. The zero-order chi connectivity index (χ0) is 26.9. The number of H-pyrrole nitrogens is 1. The number of sulfonamides is 1. The second-order valence-electron chi connectivity index (χ2n) is 10.1. The van der Waals surface area contributed by atoms with Crippen molar-refractivity contribution in [3.05, 3.63) is 64.8 Å². The first-order chi connectivity index (χ1) is 18.2. The van der Waals surface area contributed by atoms with Crippen LogP contribution < -0.4 is 16.0 Å². The van der Waals surface area contributed by atoms with Gasteiger partial charge in [0.15, 0.2) is 0 Å². The van der Waals surface area contributed by atoms with Crippen LogP contribution in [0.2, 0.25) is 5.02 Å². The fourth-order valence-corrected chi connectivity index (χ4v) is 7.25. The van der Waals surface area contributed by atoms with E-state index in [0.29, 0.717) is 12.2 Å². The Bertz CT molecular complexity index is 1450. The molecule has 202 valence electrons. The maximum absolute atomic E-state index is 13.5. The molecule has 2 saturated heterocycles. The van der Waals surface area contributed by atoms with E-state index in [1.165, 1.54) is 16.4 Å². The lowest BCUT2D eigenvalue weighted by molar-refractivity contribution is -0.127. The molecule has 5 rings (SSSR count). The van der Waals surface area contributed by atoms with Crippen molar-refractivity contribution in [1.82, 2.24) is 25.2 Å². The Morgan fingerprint density at radius 3 is 2.66 bits per heavy atom. The molecule has 3 heterocycles. The molecule has 0 aliphatic carbocycles. The van der Waals surface area contributed by atoms with Gasteiger partial charge in [0.2, 0.25) is 15.9 Å². The summed E-state index contributed by atoms with van der Waals surface area (Å²) in [5.41, 5.74) is 2.33. The van der Waals surface area contributed by atoms with Crippen molar-refractivity contribution in [2.75, 3.05) is 26.2 Å². The van der Waals surface area contributed by atoms with Gasteiger partial charge < -0.3 is 20.9 Å². The van der Waals surface area contributed by atoms with Gasteiger partial charge >= 0.3 is 0 Å². The van der Waals surface area contributed by atoms with Gasteiger partial charge in [-0.2, -0.15) is 4.31 Å². The van der Waals surface area contributed by atoms with Gasteiger partial charge in [0.1, 0.15) is 10.6 Å². The number of amides is 2. The summed E-state index contributed by atoms with van der Waals surface area (Å²) in [5, 5.41) is 10.4. The number of benzene rings is 2. The number of aromatic amines is 1. The number of aromatic nitrogens is 1. The molecule has 2 aromatic carbocycles. The maximum atomic E-state index is 13.5. The third kappa shape index (κ3) is 5.58. The Morgan fingerprint density at radius 1 is 1.08 bits per heavy atom. The van der Waals surface area contributed by atoms with Crippen LogP contribution in [0.5, 0.6) is 0 Å². The molecule has 4 N–H and O–H groups in total. The van der Waals surface area contributed by atoms with Gasteiger partial charge in [0.05, 0.1) is 10.9 Å². The summed E-state index contributed by atoms with van der Waals surface area (Å²) >= 11 is 6.21. The average Bonchev–Trinajstić information content (AvgIpc) is 3.33. The normalized spacial score (nSPS) is 22.7. The molecule has 3 aromatic rings. The third-order valence-corrected chi connectivity index (χ3v) is 9.71. The van der Waals surface area contributed by atoms with Crippen LogP contribution in [0.1, 0.15) is 35.3 Å². The second kappa shape index (κ2) is 11.1. The summed E-state index contributed by atoms with van der Waals surface area (Å²) in [6.45, 7) is 3.64. The van der Waals surface area contributed by atoms with E-state index < -0.39 is 22.0 Å². The van der Waals surface area contributed by atoms with Gasteiger partial charge in [-0.15, -0.1) is 0 Å². The predicted molar refractivity (Wildman–Crippen MR) is 147 cm³/mol. The minimum absolute atomic E-state index is 0.00756. The number of nitrogens with zero attached hydrogens (tertiary/aromatic N) is 1. The molecule has 2 aliphatic heterocycles. The number of carbonyl (C=O) groups is 2. The van der Waals surface area contributed by atoms with Crippen molar-refractivity contribution in [3.63, 3.8) is 0 Å². The standard InChI is InChI=1S/C27H32ClN5O4S/c1-17-8-9-22-18(13-17)14-24(31-22)27(35)32-23-10-12-33(38(36,37)25-7-3-2-6-21(25)28)16-20(23)26(34)30-19-5-4-11-29-15-19/h2-3,6-9,13-14,19-20,23,29,31H,4-5,10-12,15-16H2,1H3,(H,30,34)(H,32,35)/t19-,20-,23-/m0/s1. The number of rotatable bonds is 6. The molecule has 11 heteroatoms. The first-order valence-corrected chi connectivity index (χ1v) is 14.7. The van der Waals surface area contributed by atoms with Crippen LogP contribution in [0.25, 0.3) is 10.9 Å². The molecule has 0 radical (unpaired) electrons. The summed E-state index contributed by atoms with van der Waals surface area (Å²) in [6, 6.07) is 13.4. The van der Waals surface area contributed by atoms with Crippen LogP contribution in [0, 0.1) is 12.8 Å². The molecule has 0 unspecified atom stereocenters. The van der Waals surface area contributed by atoms with E-state index in [1.54, 1.807) is 18.2 Å². The summed E-state index contributed by atoms with van der Waals surface area (Å²) < 4.78 is 28.2. The van der Waals surface area contributed by atoms with Gasteiger partial charge in [-0.3, -0.25) is 9.59 Å². The lowest BCUT2D eigenvalue weighted by atomic mass is 9.91. The number of hydrogen-bond acceptors (Lipinski definition) is 5. The second-order valence-corrected chi connectivity index (χ2v) is 12.4. The summed E-state index contributed by atoms with van der Waals surface area (Å²) in [7, 11) is -3.93. The molecule has 2 fully saturated rings. The van der Waals surface area contributed by atoms with E-state index in [-0.39, 0.29) is 47.3 Å². The molecule has 3 atom stereocenters. The Kier molecular flexibility index (Phi) is 7.76. The quantitative estimate of drug-likeness (QED) is 0.371. The average molecular weight is 558 g/mol. The summed E-state index contributed by atoms with van der Waals surface area (Å²) in [6.07, 6.45) is 2.08. The molecule has 38 heavy (non-hydrogen) atoms. The third-order valence-electron chi connectivity index (χ3n) is 7.35. The van der Waals surface area contributed by atoms with Crippen molar-refractivity contribution in [1.29, 1.82) is 0 Å². The van der Waals surface area contributed by atoms with Crippen LogP contribution >= 0.6 is 11.6 Å². The Hall–Kier alpha value is -2.92. The molecule has 2 aliphatic rings. The zero-order valence-electron chi connectivity index (χ0n) is 21.2. The summed E-state index contributed by atoms with van der Waals surface area (Å²) in [4.78, 5) is 29.9. The van der Waals surface area contributed by atoms with E-state index in [1.807, 2.05) is 25.1 Å². The van der Waals surface area contributed by atoms with E-state index in [0.717, 1.165) is 35.9 Å². The largest absolute Gasteiger partial charge is 0.352 e. The van der Waals surface area contributed by atoms with Crippen molar-refractivity contribution in [2.24, 2.45) is 5.92 Å². The summed E-state index contributed by atoms with van der Waals surface area (Å²) in [5.74, 6) is -1.36. The molecular formula is C27H32ClN5O4S. The zero-order valence-corrected chi connectivity index (χ0v) is 22.7. The topological polar surface area (TPSA) is 123 Å². The van der Waals surface area contributed by atoms with Crippen LogP contribution in [-0.4, -0.2) is 67.8 Å². The highest BCUT2D eigenvalue weighted by molar-refractivity contribution is 7.89. The molecular weight excluding hydrogens is 526 g/mol. The number of carbonyl (C=O) groups excluding carboxylic acids is 2. The minimum atomic E-state index is -3.93. The number of halogens is 1. The van der Waals surface area contributed by atoms with Crippen LogP contribution in [0.15, 0.2) is 53.4 Å². The fourth-order valence-electron chi connectivity index (χ4n) is 5.28. The molecule has 0 bridgehead atoms. The van der Waals surface area contributed by atoms with Crippen molar-refractivity contribution >= 4 is 44.3 Å². The van der Waals surface area contributed by atoms with Crippen molar-refractivity contribution in [2.45, 2.75) is 43.2 Å². The fraction of sp³-hybridized carbons (Fsp3) is 0.407. The first-order valence-electron chi connectivity index (χ1n) is 12.9. The van der Waals surface area contributed by atoms with Gasteiger partial charge in [-0.25, -0.2) is 8.42 Å². The molecule has 0 saturated carbocycles. The van der Waals surface area contributed by atoms with E-state index in [9.17, 15) is 18.0 Å². The predicted octanol–water partition coefficient (Wildman–Crippen LogP) is 2.81. The van der Waals surface area contributed by atoms with E-state index in [4.69, 9.17) is 11.6 Å². The van der Waals surface area contributed by atoms with Crippen LogP contribution in [0.3, 0.4) is 0 Å². The van der Waals surface area contributed by atoms with Gasteiger partial charge in [0, 0.05) is 42.6 Å². The highest BCUT2D eigenvalue weighted by atomic mass is 35.5. The van der Waals surface area contributed by atoms with Crippen LogP contribution in [-0.2, 0) is 14.8 Å². The maximum Gasteiger partial charge on any atom is 0.267 e. The molecule has 2 amide bonds. The Balaban J connectivity index is 1.38. The Labute approximate surface area is 227 Å². The monoisotopic (exact) mass is 557 g/mol. The smallest absolute Gasteiger partial charge is 0.267 e. The van der Waals surface area contributed by atoms with Crippen molar-refractivity contribution < 1.29 is 18.0 Å². The van der Waals surface area contributed by atoms with Gasteiger partial charge in [0.25, 0.3) is 5.91 Å². The van der Waals surface area contributed by atoms with Gasteiger partial charge in [-0.05, 0) is 63.1 Å². The van der Waals surface area contributed by atoms with Gasteiger partial charge in [-0.1, -0.05) is 35.4 Å². The number of piperidine rings is 2. The number of aryl methyl sites for hydroxylation is 1. The number of hydrogen-bond donors (Lipinski definition) is 4. The SMILES string of the molecule is Cc1ccc2[nH]c(C(=O)N[C@H]3CCN(S(=O)(=O)c4ccccc4Cl)C[C@@H]3C(=O)N[C@H]3CCCNC3)cc2c1. The molecule has 1 aromatic heterocycles.